The predicted octanol–water partition coefficient (Wildman–Crippen LogP) is 6.02. The number of nitrogens with zero attached hydrogens (tertiary/aromatic N) is 2. The normalized spacial score (nSPS) is 15.0. The van der Waals surface area contributed by atoms with Crippen molar-refractivity contribution in [3.8, 4) is 5.75 Å². The molecule has 0 N–H and O–H groups in total. The molecule has 0 radical (unpaired) electrons. The van der Waals surface area contributed by atoms with Gasteiger partial charge >= 0.3 is 5.97 Å². The number of benzene rings is 3. The van der Waals surface area contributed by atoms with E-state index in [-0.39, 0.29) is 30.2 Å². The third-order valence-corrected chi connectivity index (χ3v) is 8.56. The number of hydrogen-bond donors (Lipinski definition) is 0. The lowest BCUT2D eigenvalue weighted by atomic mass is 9.96. The second-order valence-corrected chi connectivity index (χ2v) is 12.2. The van der Waals surface area contributed by atoms with E-state index in [0.717, 1.165) is 13.6 Å². The Kier molecular flexibility index (Phi) is 8.85. The zero-order valence-corrected chi connectivity index (χ0v) is 26.3. The molecule has 1 aromatic heterocycles. The van der Waals surface area contributed by atoms with Crippen LogP contribution in [-0.4, -0.2) is 17.1 Å². The zero-order valence-electron chi connectivity index (χ0n) is 21.8. The number of aromatic nitrogens is 1. The summed E-state index contributed by atoms with van der Waals surface area (Å²) in [6, 6.07) is 14.6. The van der Waals surface area contributed by atoms with Crippen LogP contribution in [0.25, 0.3) is 6.08 Å². The highest BCUT2D eigenvalue weighted by Gasteiger charge is 2.33. The highest BCUT2D eigenvalue weighted by Crippen LogP contribution is 2.32. The fourth-order valence-electron chi connectivity index (χ4n) is 4.47. The number of carbonyl (C=O) groups excluding carboxylic acids is 1. The van der Waals surface area contributed by atoms with Gasteiger partial charge in [-0.1, -0.05) is 51.5 Å². The Morgan fingerprint density at radius 3 is 2.44 bits per heavy atom. The van der Waals surface area contributed by atoms with Gasteiger partial charge in [0, 0.05) is 10.0 Å². The van der Waals surface area contributed by atoms with Crippen molar-refractivity contribution in [1.29, 1.82) is 0 Å². The van der Waals surface area contributed by atoms with E-state index >= 15 is 0 Å². The van der Waals surface area contributed by atoms with E-state index in [1.54, 1.807) is 44.2 Å². The van der Waals surface area contributed by atoms with Crippen molar-refractivity contribution >= 4 is 61.9 Å². The summed E-state index contributed by atoms with van der Waals surface area (Å²) < 4.78 is 42.0. The topological polar surface area (TPSA) is 69.9 Å². The SMILES string of the molecule is CCOC(=O)C1=C(C)N=c2s/c(=C\c3cc(Br)cc(I)c3OCc3ccc(F)cc3)c(=O)n2[C@H]1c1ccc(F)cc1. The summed E-state index contributed by atoms with van der Waals surface area (Å²) in [6.07, 6.45) is 1.72. The van der Waals surface area contributed by atoms with Crippen LogP contribution in [0.15, 0.2) is 86.2 Å². The van der Waals surface area contributed by atoms with Crippen molar-refractivity contribution in [2.45, 2.75) is 26.5 Å². The molecule has 0 fully saturated rings. The van der Waals surface area contributed by atoms with Crippen molar-refractivity contribution in [1.82, 2.24) is 4.57 Å². The quantitative estimate of drug-likeness (QED) is 0.171. The highest BCUT2D eigenvalue weighted by molar-refractivity contribution is 14.1. The number of allylic oxidation sites excluding steroid dienone is 1. The Morgan fingerprint density at radius 1 is 1.12 bits per heavy atom. The molecule has 0 saturated carbocycles. The van der Waals surface area contributed by atoms with Gasteiger partial charge in [0.25, 0.3) is 5.56 Å². The van der Waals surface area contributed by atoms with Gasteiger partial charge in [-0.25, -0.2) is 18.6 Å². The van der Waals surface area contributed by atoms with E-state index in [4.69, 9.17) is 9.47 Å². The number of esters is 1. The van der Waals surface area contributed by atoms with Crippen LogP contribution in [0.2, 0.25) is 0 Å². The van der Waals surface area contributed by atoms with Crippen LogP contribution in [0.5, 0.6) is 5.75 Å². The van der Waals surface area contributed by atoms with Crippen LogP contribution < -0.4 is 19.6 Å². The van der Waals surface area contributed by atoms with E-state index in [1.165, 1.54) is 40.2 Å². The largest absolute Gasteiger partial charge is 0.487 e. The third-order valence-electron chi connectivity index (χ3n) is 6.32. The summed E-state index contributed by atoms with van der Waals surface area (Å²) in [4.78, 5) is 31.9. The lowest BCUT2D eigenvalue weighted by Crippen LogP contribution is -2.39. The molecule has 0 aliphatic carbocycles. The Labute approximate surface area is 259 Å². The molecule has 0 spiro atoms. The molecule has 0 amide bonds. The van der Waals surface area contributed by atoms with Gasteiger partial charge < -0.3 is 9.47 Å². The van der Waals surface area contributed by atoms with Gasteiger partial charge in [0.2, 0.25) is 0 Å². The first-order valence-corrected chi connectivity index (χ1v) is 15.2. The van der Waals surface area contributed by atoms with Crippen molar-refractivity contribution < 1.29 is 23.0 Å². The van der Waals surface area contributed by atoms with Gasteiger partial charge in [0.1, 0.15) is 24.0 Å². The molecular formula is C30H22BrF2IN2O4S. The molecule has 3 aromatic carbocycles. The minimum absolute atomic E-state index is 0.151. The summed E-state index contributed by atoms with van der Waals surface area (Å²) >= 11 is 6.86. The van der Waals surface area contributed by atoms with Crippen molar-refractivity contribution in [3.63, 3.8) is 0 Å². The molecule has 210 valence electrons. The predicted molar refractivity (Wildman–Crippen MR) is 164 cm³/mol. The number of thiazole rings is 1. The van der Waals surface area contributed by atoms with E-state index in [0.29, 0.717) is 31.9 Å². The van der Waals surface area contributed by atoms with Crippen LogP contribution in [0.3, 0.4) is 0 Å². The molecule has 1 atom stereocenters. The van der Waals surface area contributed by atoms with Crippen LogP contribution in [0.1, 0.15) is 36.6 Å². The number of hydrogen-bond acceptors (Lipinski definition) is 6. The summed E-state index contributed by atoms with van der Waals surface area (Å²) in [5.74, 6) is -0.793. The molecule has 2 heterocycles. The van der Waals surface area contributed by atoms with E-state index in [1.807, 2.05) is 12.1 Å². The molecule has 4 aromatic rings. The molecule has 11 heteroatoms. The van der Waals surface area contributed by atoms with Gasteiger partial charge in [0.15, 0.2) is 4.80 Å². The van der Waals surface area contributed by atoms with Crippen molar-refractivity contribution in [2.24, 2.45) is 4.99 Å². The minimum atomic E-state index is -0.843. The third kappa shape index (κ3) is 6.21. The summed E-state index contributed by atoms with van der Waals surface area (Å²) in [5, 5.41) is 0. The number of ether oxygens (including phenoxy) is 2. The first-order valence-electron chi connectivity index (χ1n) is 12.5. The fraction of sp³-hybridized carbons (Fsp3) is 0.167. The second-order valence-electron chi connectivity index (χ2n) is 9.07. The first-order chi connectivity index (χ1) is 19.7. The van der Waals surface area contributed by atoms with E-state index < -0.39 is 17.8 Å². The van der Waals surface area contributed by atoms with Crippen LogP contribution in [0, 0.1) is 15.2 Å². The molecule has 0 saturated heterocycles. The van der Waals surface area contributed by atoms with E-state index in [9.17, 15) is 18.4 Å². The number of fused-ring (bicyclic) bond motifs is 1. The Hall–Kier alpha value is -3.16. The molecule has 5 rings (SSSR count). The minimum Gasteiger partial charge on any atom is -0.487 e. The number of halogens is 4. The maximum atomic E-state index is 13.9. The van der Waals surface area contributed by atoms with Gasteiger partial charge in [-0.3, -0.25) is 9.36 Å². The van der Waals surface area contributed by atoms with E-state index in [2.05, 4.69) is 43.5 Å². The van der Waals surface area contributed by atoms with Gasteiger partial charge in [0.05, 0.1) is 32.0 Å². The number of carbonyl (C=O) groups is 1. The zero-order chi connectivity index (χ0) is 29.3. The van der Waals surface area contributed by atoms with Gasteiger partial charge in [-0.05, 0) is 90.0 Å². The lowest BCUT2D eigenvalue weighted by molar-refractivity contribution is -0.139. The molecule has 41 heavy (non-hydrogen) atoms. The average molecular weight is 751 g/mol. The lowest BCUT2D eigenvalue weighted by Gasteiger charge is -2.24. The maximum absolute atomic E-state index is 13.9. The summed E-state index contributed by atoms with van der Waals surface area (Å²) in [5.41, 5.74) is 2.27. The molecule has 0 bridgehead atoms. The van der Waals surface area contributed by atoms with Crippen LogP contribution >= 0.6 is 49.9 Å². The smallest absolute Gasteiger partial charge is 0.338 e. The standard InChI is InChI=1S/C30H22BrF2IN2O4S/c1-3-39-29(38)25-16(2)35-30-36(26(25)18-6-10-22(33)11-7-18)28(37)24(41-30)13-19-12-20(31)14-23(34)27(19)40-15-17-4-8-21(32)9-5-17/h4-14,26H,3,15H2,1-2H3/b24-13-/t26-/m0/s1. The van der Waals surface area contributed by atoms with Gasteiger partial charge in [-0.2, -0.15) is 0 Å². The van der Waals surface area contributed by atoms with Gasteiger partial charge in [-0.15, -0.1) is 0 Å². The summed E-state index contributed by atoms with van der Waals surface area (Å²) in [6.45, 7) is 3.74. The maximum Gasteiger partial charge on any atom is 0.338 e. The van der Waals surface area contributed by atoms with Crippen molar-refractivity contribution in [3.05, 3.63) is 128 Å². The molecule has 6 nitrogen and oxygen atoms in total. The first kappa shape index (κ1) is 29.3. The highest BCUT2D eigenvalue weighted by atomic mass is 127. The number of rotatable bonds is 7. The molecule has 0 unspecified atom stereocenters. The average Bonchev–Trinajstić information content (AvgIpc) is 3.23. The molecular weight excluding hydrogens is 729 g/mol. The monoisotopic (exact) mass is 750 g/mol. The Bertz CT molecular complexity index is 1850. The van der Waals surface area contributed by atoms with Crippen LogP contribution in [-0.2, 0) is 16.1 Å². The molecule has 1 aliphatic rings. The van der Waals surface area contributed by atoms with Crippen molar-refractivity contribution in [2.75, 3.05) is 6.61 Å². The fourth-order valence-corrected chi connectivity index (χ4v) is 7.21. The second kappa shape index (κ2) is 12.4. The molecule has 1 aliphatic heterocycles. The summed E-state index contributed by atoms with van der Waals surface area (Å²) in [7, 11) is 0. The van der Waals surface area contributed by atoms with Crippen LogP contribution in [0.4, 0.5) is 8.78 Å². The Morgan fingerprint density at radius 2 is 1.78 bits per heavy atom. The Balaban J connectivity index is 1.64.